The van der Waals surface area contributed by atoms with Crippen molar-refractivity contribution in [3.8, 4) is 5.69 Å². The molecule has 120 valence electrons. The van der Waals surface area contributed by atoms with Crippen molar-refractivity contribution in [1.29, 1.82) is 0 Å². The summed E-state index contributed by atoms with van der Waals surface area (Å²) in [7, 11) is -2.97. The molecule has 1 aromatic heterocycles. The Morgan fingerprint density at radius 3 is 2.48 bits per heavy atom. The maximum Gasteiger partial charge on any atom is 0.173 e. The van der Waals surface area contributed by atoms with Crippen molar-refractivity contribution in [2.45, 2.75) is 12.1 Å². The van der Waals surface area contributed by atoms with Crippen LogP contribution in [-0.2, 0) is 9.84 Å². The van der Waals surface area contributed by atoms with Crippen LogP contribution in [0.4, 0.5) is 0 Å². The molecule has 0 spiro atoms. The van der Waals surface area contributed by atoms with Crippen molar-refractivity contribution >= 4 is 32.6 Å². The molecule has 0 fully saturated rings. The van der Waals surface area contributed by atoms with Gasteiger partial charge in [-0.2, -0.15) is 0 Å². The molecule has 0 atom stereocenters. The van der Waals surface area contributed by atoms with Crippen LogP contribution in [0.1, 0.15) is 5.56 Å². The number of hydrogen-bond donors (Lipinski definition) is 0. The highest BCUT2D eigenvalue weighted by atomic mass is 32.2. The Morgan fingerprint density at radius 2 is 1.78 bits per heavy atom. The van der Waals surface area contributed by atoms with Gasteiger partial charge < -0.3 is 0 Å². The summed E-state index contributed by atoms with van der Waals surface area (Å²) in [5.41, 5.74) is 4.17. The highest BCUT2D eigenvalue weighted by molar-refractivity contribution is 8.00. The molecule has 0 unspecified atom stereocenters. The molecule has 0 N–H and O–H groups in total. The van der Waals surface area contributed by atoms with Crippen molar-refractivity contribution in [3.63, 3.8) is 0 Å². The number of benzene rings is 2. The molecule has 6 heteroatoms. The average molecular weight is 346 g/mol. The highest BCUT2D eigenvalue weighted by Crippen LogP contribution is 2.28. The number of aryl methyl sites for hydroxylation is 1. The predicted molar refractivity (Wildman–Crippen MR) is 96.2 cm³/mol. The summed E-state index contributed by atoms with van der Waals surface area (Å²) in [6.07, 6.45) is 1.26. The van der Waals surface area contributed by atoms with Gasteiger partial charge in [0.2, 0.25) is 0 Å². The summed E-state index contributed by atoms with van der Waals surface area (Å²) in [6, 6.07) is 16.2. The number of sulfone groups is 1. The van der Waals surface area contributed by atoms with Crippen LogP contribution in [0.3, 0.4) is 0 Å². The summed E-state index contributed by atoms with van der Waals surface area (Å²) >= 11 is 1.47. The second-order valence-electron chi connectivity index (χ2n) is 5.53. The Morgan fingerprint density at radius 1 is 1.09 bits per heavy atom. The molecule has 3 rings (SSSR count). The quantitative estimate of drug-likeness (QED) is 0.664. The van der Waals surface area contributed by atoms with E-state index in [1.54, 1.807) is 0 Å². The molecule has 0 amide bonds. The first-order chi connectivity index (χ1) is 10.9. The molecule has 2 aromatic carbocycles. The minimum Gasteiger partial charge on any atom is -0.287 e. The molecule has 23 heavy (non-hydrogen) atoms. The van der Waals surface area contributed by atoms with Crippen molar-refractivity contribution in [2.24, 2.45) is 0 Å². The lowest BCUT2D eigenvalue weighted by molar-refractivity contribution is 0.603. The minimum atomic E-state index is -2.97. The van der Waals surface area contributed by atoms with E-state index in [2.05, 4.69) is 40.7 Å². The normalized spacial score (nSPS) is 11.9. The number of fused-ring (bicyclic) bond motifs is 1. The van der Waals surface area contributed by atoms with Crippen molar-refractivity contribution in [2.75, 3.05) is 17.8 Å². The number of imidazole rings is 1. The van der Waals surface area contributed by atoms with E-state index in [4.69, 9.17) is 0 Å². The fourth-order valence-electron chi connectivity index (χ4n) is 2.33. The summed E-state index contributed by atoms with van der Waals surface area (Å²) in [6.45, 7) is 2.05. The van der Waals surface area contributed by atoms with Crippen LogP contribution >= 0.6 is 11.8 Å². The Kier molecular flexibility index (Phi) is 4.46. The number of aromatic nitrogens is 2. The molecule has 0 aliphatic carbocycles. The number of para-hydroxylation sites is 2. The van der Waals surface area contributed by atoms with E-state index in [0.717, 1.165) is 21.9 Å². The number of nitrogens with zero attached hydrogens (tertiary/aromatic N) is 2. The maximum absolute atomic E-state index is 11.3. The number of thioether (sulfide) groups is 1. The van der Waals surface area contributed by atoms with E-state index in [1.807, 2.05) is 24.3 Å². The minimum absolute atomic E-state index is 0.148. The van der Waals surface area contributed by atoms with Gasteiger partial charge in [-0.15, -0.1) is 0 Å². The molecule has 0 saturated heterocycles. The first-order valence-electron chi connectivity index (χ1n) is 7.29. The number of rotatable bonds is 5. The van der Waals surface area contributed by atoms with Gasteiger partial charge in [0.25, 0.3) is 0 Å². The first kappa shape index (κ1) is 16.1. The largest absolute Gasteiger partial charge is 0.287 e. The smallest absolute Gasteiger partial charge is 0.173 e. The summed E-state index contributed by atoms with van der Waals surface area (Å²) < 4.78 is 24.8. The van der Waals surface area contributed by atoms with Gasteiger partial charge in [-0.3, -0.25) is 4.57 Å². The van der Waals surface area contributed by atoms with Gasteiger partial charge >= 0.3 is 0 Å². The summed E-state index contributed by atoms with van der Waals surface area (Å²) in [5.74, 6) is 0.642. The zero-order chi connectivity index (χ0) is 16.4. The van der Waals surface area contributed by atoms with Crippen LogP contribution in [0.15, 0.2) is 53.7 Å². The Bertz CT molecular complexity index is 929. The van der Waals surface area contributed by atoms with Gasteiger partial charge in [0.05, 0.1) is 16.8 Å². The van der Waals surface area contributed by atoms with Gasteiger partial charge in [0.1, 0.15) is 9.84 Å². The Labute approximate surface area is 140 Å². The van der Waals surface area contributed by atoms with Crippen LogP contribution in [0.25, 0.3) is 16.7 Å². The first-order valence-corrected chi connectivity index (χ1v) is 10.3. The van der Waals surface area contributed by atoms with Crippen LogP contribution in [-0.4, -0.2) is 35.7 Å². The van der Waals surface area contributed by atoms with Crippen LogP contribution < -0.4 is 0 Å². The lowest BCUT2D eigenvalue weighted by Crippen LogP contribution is -2.06. The molecular formula is C17H18N2O2S2. The Balaban J connectivity index is 2.02. The van der Waals surface area contributed by atoms with Crippen molar-refractivity contribution < 1.29 is 8.42 Å². The molecule has 0 saturated carbocycles. The standard InChI is InChI=1S/C17H18N2O2S2/c1-13-7-9-14(10-8-13)19-16-6-4-3-5-15(16)18-17(19)22-11-12-23(2,20)21/h3-10H,11-12H2,1-2H3. The van der Waals surface area contributed by atoms with Gasteiger partial charge in [0, 0.05) is 17.7 Å². The van der Waals surface area contributed by atoms with E-state index >= 15 is 0 Å². The van der Waals surface area contributed by atoms with Gasteiger partial charge in [-0.05, 0) is 31.2 Å². The van der Waals surface area contributed by atoms with E-state index in [9.17, 15) is 8.42 Å². The zero-order valence-corrected chi connectivity index (χ0v) is 14.7. The molecular weight excluding hydrogens is 328 g/mol. The second-order valence-corrected chi connectivity index (χ2v) is 8.85. The topological polar surface area (TPSA) is 52.0 Å². The molecule has 0 radical (unpaired) electrons. The number of hydrogen-bond acceptors (Lipinski definition) is 4. The summed E-state index contributed by atoms with van der Waals surface area (Å²) in [5, 5.41) is 0.818. The van der Waals surface area contributed by atoms with E-state index < -0.39 is 9.84 Å². The second kappa shape index (κ2) is 6.37. The van der Waals surface area contributed by atoms with Crippen molar-refractivity contribution in [3.05, 3.63) is 54.1 Å². The predicted octanol–water partition coefficient (Wildman–Crippen LogP) is 3.47. The highest BCUT2D eigenvalue weighted by Gasteiger charge is 2.13. The monoisotopic (exact) mass is 346 g/mol. The van der Waals surface area contributed by atoms with Crippen LogP contribution in [0.2, 0.25) is 0 Å². The zero-order valence-electron chi connectivity index (χ0n) is 13.1. The molecule has 1 heterocycles. The SMILES string of the molecule is Cc1ccc(-n2c(SCCS(C)(=O)=O)nc3ccccc32)cc1. The van der Waals surface area contributed by atoms with E-state index in [1.165, 1.54) is 23.6 Å². The van der Waals surface area contributed by atoms with Crippen LogP contribution in [0, 0.1) is 6.92 Å². The molecule has 3 aromatic rings. The fraction of sp³-hybridized carbons (Fsp3) is 0.235. The third-order valence-electron chi connectivity index (χ3n) is 3.51. The lowest BCUT2D eigenvalue weighted by Gasteiger charge is -2.09. The fourth-order valence-corrected chi connectivity index (χ4v) is 4.55. The maximum atomic E-state index is 11.3. The van der Waals surface area contributed by atoms with Gasteiger partial charge in [-0.25, -0.2) is 13.4 Å². The van der Waals surface area contributed by atoms with Gasteiger partial charge in [-0.1, -0.05) is 41.6 Å². The molecule has 4 nitrogen and oxygen atoms in total. The van der Waals surface area contributed by atoms with Crippen molar-refractivity contribution in [1.82, 2.24) is 9.55 Å². The molecule has 0 aliphatic rings. The third kappa shape index (κ3) is 3.76. The molecule has 0 aliphatic heterocycles. The van der Waals surface area contributed by atoms with E-state index in [0.29, 0.717) is 5.75 Å². The summed E-state index contributed by atoms with van der Waals surface area (Å²) in [4.78, 5) is 4.66. The van der Waals surface area contributed by atoms with E-state index in [-0.39, 0.29) is 5.75 Å². The van der Waals surface area contributed by atoms with Gasteiger partial charge in [0.15, 0.2) is 5.16 Å². The third-order valence-corrected chi connectivity index (χ3v) is 5.65. The Hall–Kier alpha value is -1.79. The molecule has 0 bridgehead atoms. The lowest BCUT2D eigenvalue weighted by atomic mass is 10.2. The van der Waals surface area contributed by atoms with Crippen LogP contribution in [0.5, 0.6) is 0 Å². The average Bonchev–Trinajstić information content (AvgIpc) is 2.85.